The summed E-state index contributed by atoms with van der Waals surface area (Å²) in [6.45, 7) is 12.6. The van der Waals surface area contributed by atoms with E-state index in [9.17, 15) is 5.11 Å². The zero-order chi connectivity index (χ0) is 15.3. The first kappa shape index (κ1) is 17.2. The number of nitrogens with one attached hydrogen (secondary N) is 1. The Hall–Kier alpha value is -0.160. The van der Waals surface area contributed by atoms with Gasteiger partial charge in [-0.15, -0.1) is 0 Å². The van der Waals surface area contributed by atoms with E-state index in [1.807, 2.05) is 0 Å². The molecule has 0 saturated carbocycles. The van der Waals surface area contributed by atoms with Crippen molar-refractivity contribution in [3.05, 3.63) is 0 Å². The first-order chi connectivity index (χ1) is 10.0. The molecule has 2 N–H and O–H groups in total. The predicted molar refractivity (Wildman–Crippen MR) is 88.6 cm³/mol. The zero-order valence-corrected chi connectivity index (χ0v) is 14.3. The van der Waals surface area contributed by atoms with Crippen LogP contribution in [0.15, 0.2) is 0 Å². The van der Waals surface area contributed by atoms with Gasteiger partial charge in [0.25, 0.3) is 0 Å². The Morgan fingerprint density at radius 3 is 2.24 bits per heavy atom. The minimum Gasteiger partial charge on any atom is -0.394 e. The molecule has 21 heavy (non-hydrogen) atoms. The molecule has 4 heteroatoms. The molecule has 124 valence electrons. The van der Waals surface area contributed by atoms with Gasteiger partial charge in [0, 0.05) is 18.6 Å². The number of piperidine rings is 2. The maximum absolute atomic E-state index is 9.72. The molecule has 0 spiro atoms. The van der Waals surface area contributed by atoms with Crippen LogP contribution in [0.4, 0.5) is 0 Å². The summed E-state index contributed by atoms with van der Waals surface area (Å²) in [5.41, 5.74) is -0.174. The van der Waals surface area contributed by atoms with Crippen LogP contribution in [-0.2, 0) is 0 Å². The Bertz CT molecular complexity index is 296. The van der Waals surface area contributed by atoms with Gasteiger partial charge in [-0.05, 0) is 58.8 Å². The van der Waals surface area contributed by atoms with E-state index in [-0.39, 0.29) is 12.1 Å². The third-order valence-electron chi connectivity index (χ3n) is 5.02. The minimum absolute atomic E-state index is 0.174. The fourth-order valence-corrected chi connectivity index (χ4v) is 4.06. The van der Waals surface area contributed by atoms with Gasteiger partial charge in [0.1, 0.15) is 0 Å². The van der Waals surface area contributed by atoms with E-state index in [1.54, 1.807) is 0 Å². The van der Waals surface area contributed by atoms with Crippen molar-refractivity contribution in [1.29, 1.82) is 0 Å². The summed E-state index contributed by atoms with van der Waals surface area (Å²) >= 11 is 0. The Labute approximate surface area is 130 Å². The highest BCUT2D eigenvalue weighted by atomic mass is 16.3. The molecule has 2 aliphatic heterocycles. The second-order valence-corrected chi connectivity index (χ2v) is 7.62. The molecule has 2 heterocycles. The van der Waals surface area contributed by atoms with Gasteiger partial charge in [0.2, 0.25) is 0 Å². The van der Waals surface area contributed by atoms with Crippen LogP contribution in [0.3, 0.4) is 0 Å². The van der Waals surface area contributed by atoms with Crippen molar-refractivity contribution in [2.45, 2.75) is 70.5 Å². The molecule has 2 rings (SSSR count). The van der Waals surface area contributed by atoms with Crippen LogP contribution in [0.25, 0.3) is 0 Å². The van der Waals surface area contributed by atoms with Gasteiger partial charge in [-0.1, -0.05) is 20.3 Å². The van der Waals surface area contributed by atoms with Crippen LogP contribution in [0.1, 0.15) is 52.9 Å². The van der Waals surface area contributed by atoms with Crippen molar-refractivity contribution in [2.75, 3.05) is 39.3 Å². The summed E-state index contributed by atoms with van der Waals surface area (Å²) in [6, 6.07) is 1.22. The second-order valence-electron chi connectivity index (χ2n) is 7.62. The summed E-state index contributed by atoms with van der Waals surface area (Å²) in [4.78, 5) is 5.25. The van der Waals surface area contributed by atoms with Crippen LogP contribution in [-0.4, -0.2) is 71.9 Å². The molecule has 2 fully saturated rings. The Morgan fingerprint density at radius 1 is 1.10 bits per heavy atom. The van der Waals surface area contributed by atoms with Crippen LogP contribution in [0.2, 0.25) is 0 Å². The van der Waals surface area contributed by atoms with E-state index >= 15 is 0 Å². The molecule has 0 bridgehead atoms. The first-order valence-corrected chi connectivity index (χ1v) is 8.87. The minimum atomic E-state index is -0.174. The first-order valence-electron chi connectivity index (χ1n) is 8.87. The summed E-state index contributed by atoms with van der Waals surface area (Å²) in [7, 11) is 0. The van der Waals surface area contributed by atoms with Gasteiger partial charge in [-0.25, -0.2) is 0 Å². The fraction of sp³-hybridized carbons (Fsp3) is 1.00. The second kappa shape index (κ2) is 7.91. The van der Waals surface area contributed by atoms with Crippen LogP contribution >= 0.6 is 0 Å². The normalized spacial score (nSPS) is 26.1. The number of likely N-dealkylation sites (tertiary alicyclic amines) is 2. The van der Waals surface area contributed by atoms with Crippen molar-refractivity contribution in [2.24, 2.45) is 0 Å². The molecule has 0 amide bonds. The predicted octanol–water partition coefficient (Wildman–Crippen LogP) is 1.69. The average molecular weight is 297 g/mol. The largest absolute Gasteiger partial charge is 0.394 e. The third kappa shape index (κ3) is 5.20. The lowest BCUT2D eigenvalue weighted by Crippen LogP contribution is -2.58. The number of hydrogen-bond donors (Lipinski definition) is 2. The molecule has 4 nitrogen and oxygen atoms in total. The molecule has 2 saturated heterocycles. The summed E-state index contributed by atoms with van der Waals surface area (Å²) in [6.07, 6.45) is 6.79. The van der Waals surface area contributed by atoms with E-state index in [4.69, 9.17) is 0 Å². The molecule has 1 unspecified atom stereocenters. The van der Waals surface area contributed by atoms with E-state index in [2.05, 4.69) is 35.9 Å². The maximum atomic E-state index is 9.72. The highest BCUT2D eigenvalue weighted by Gasteiger charge is 2.31. The fourth-order valence-electron chi connectivity index (χ4n) is 4.06. The van der Waals surface area contributed by atoms with Gasteiger partial charge in [-0.3, -0.25) is 0 Å². The number of nitrogens with zero attached hydrogens (tertiary/aromatic N) is 2. The zero-order valence-electron chi connectivity index (χ0n) is 14.3. The molecule has 1 atom stereocenters. The summed E-state index contributed by atoms with van der Waals surface area (Å²) in [5, 5.41) is 13.2. The van der Waals surface area contributed by atoms with Crippen molar-refractivity contribution in [3.8, 4) is 0 Å². The van der Waals surface area contributed by atoms with E-state index < -0.39 is 0 Å². The highest BCUT2D eigenvalue weighted by Crippen LogP contribution is 2.22. The number of rotatable bonds is 6. The average Bonchev–Trinajstić information content (AvgIpc) is 2.48. The van der Waals surface area contributed by atoms with Gasteiger partial charge >= 0.3 is 0 Å². The molecule has 0 radical (unpaired) electrons. The lowest BCUT2D eigenvalue weighted by atomic mass is 9.96. The third-order valence-corrected chi connectivity index (χ3v) is 5.02. The number of aliphatic hydroxyl groups is 1. The van der Waals surface area contributed by atoms with E-state index in [0.717, 1.165) is 12.6 Å². The number of aliphatic hydroxyl groups excluding tert-OH is 1. The molecule has 2 aliphatic rings. The van der Waals surface area contributed by atoms with Crippen LogP contribution in [0, 0.1) is 0 Å². The summed E-state index contributed by atoms with van der Waals surface area (Å²) < 4.78 is 0. The van der Waals surface area contributed by atoms with Gasteiger partial charge in [-0.2, -0.15) is 0 Å². The maximum Gasteiger partial charge on any atom is 0.0623 e. The van der Waals surface area contributed by atoms with Crippen molar-refractivity contribution in [1.82, 2.24) is 15.1 Å². The Balaban J connectivity index is 1.77. The van der Waals surface area contributed by atoms with Crippen molar-refractivity contribution < 1.29 is 5.11 Å². The van der Waals surface area contributed by atoms with E-state index in [0.29, 0.717) is 6.04 Å². The lowest BCUT2D eigenvalue weighted by molar-refractivity contribution is 0.0621. The highest BCUT2D eigenvalue weighted by molar-refractivity contribution is 4.90. The topological polar surface area (TPSA) is 38.7 Å². The molecular formula is C17H35N3O. The van der Waals surface area contributed by atoms with Gasteiger partial charge in [0.05, 0.1) is 12.1 Å². The summed E-state index contributed by atoms with van der Waals surface area (Å²) in [5.74, 6) is 0. The smallest absolute Gasteiger partial charge is 0.0623 e. The Morgan fingerprint density at radius 2 is 1.71 bits per heavy atom. The van der Waals surface area contributed by atoms with Crippen LogP contribution < -0.4 is 5.32 Å². The molecule has 0 aromatic rings. The molecule has 0 aliphatic carbocycles. The SMILES string of the molecule is CC(C)NC(C)(CO)CN1CCC(N2CCCCC2)CC1. The lowest BCUT2D eigenvalue weighted by Gasteiger charge is -2.43. The van der Waals surface area contributed by atoms with Gasteiger partial charge in [0.15, 0.2) is 0 Å². The monoisotopic (exact) mass is 297 g/mol. The Kier molecular flexibility index (Phi) is 6.48. The van der Waals surface area contributed by atoms with Crippen LogP contribution in [0.5, 0.6) is 0 Å². The standard InChI is InChI=1S/C17H35N3O/c1-15(2)18-17(3,14-21)13-19-11-7-16(8-12-19)20-9-5-4-6-10-20/h15-16,18,21H,4-14H2,1-3H3. The van der Waals surface area contributed by atoms with Crippen molar-refractivity contribution >= 4 is 0 Å². The quantitative estimate of drug-likeness (QED) is 0.782. The van der Waals surface area contributed by atoms with E-state index in [1.165, 1.54) is 58.3 Å². The molecule has 0 aromatic carbocycles. The molecular weight excluding hydrogens is 262 g/mol. The van der Waals surface area contributed by atoms with Crippen molar-refractivity contribution in [3.63, 3.8) is 0 Å². The molecule has 0 aromatic heterocycles. The van der Waals surface area contributed by atoms with Gasteiger partial charge < -0.3 is 20.2 Å². The number of hydrogen-bond acceptors (Lipinski definition) is 4.